The molecule has 2 saturated heterocycles. The van der Waals surface area contributed by atoms with Crippen LogP contribution in [0.25, 0.3) is 0 Å². The van der Waals surface area contributed by atoms with Crippen molar-refractivity contribution < 1.29 is 37.9 Å². The zero-order valence-corrected chi connectivity index (χ0v) is 15.6. The number of nitrogens with zero attached hydrogens (tertiary/aromatic N) is 1. The molecule has 2 heterocycles. The van der Waals surface area contributed by atoms with Crippen LogP contribution in [0, 0.1) is 0 Å². The van der Waals surface area contributed by atoms with Crippen molar-refractivity contribution in [1.82, 2.24) is 0 Å². The molecule has 0 saturated carbocycles. The lowest BCUT2D eigenvalue weighted by Gasteiger charge is -2.32. The van der Waals surface area contributed by atoms with Crippen LogP contribution in [0.2, 0.25) is 0 Å². The second-order valence-electron chi connectivity index (χ2n) is 6.96. The Balaban J connectivity index is 0.00000156. The molecular weight excluding hydrogens is 401 g/mol. The van der Waals surface area contributed by atoms with Gasteiger partial charge in [0, 0.05) is 11.1 Å². The van der Waals surface area contributed by atoms with E-state index < -0.39 is 5.79 Å². The lowest BCUT2D eigenvalue weighted by Crippen LogP contribution is -3.00. The third-order valence-electron chi connectivity index (χ3n) is 4.71. The minimum atomic E-state index is -0.766. The second-order valence-corrected chi connectivity index (χ2v) is 6.96. The van der Waals surface area contributed by atoms with Crippen LogP contribution in [0.1, 0.15) is 11.1 Å². The first-order valence-electron chi connectivity index (χ1n) is 7.88. The van der Waals surface area contributed by atoms with Crippen molar-refractivity contribution in [3.05, 3.63) is 71.8 Å². The number of likely N-dealkylation sites (N-methyl/N-ethyl adjacent to an activating group) is 1. The first kappa shape index (κ1) is 16.9. The molecule has 2 fully saturated rings. The van der Waals surface area contributed by atoms with Gasteiger partial charge in [0.1, 0.15) is 25.3 Å². The molecule has 2 aromatic rings. The summed E-state index contributed by atoms with van der Waals surface area (Å²) in [4.78, 5) is 0. The van der Waals surface area contributed by atoms with E-state index in [1.54, 1.807) is 0 Å². The van der Waals surface area contributed by atoms with Crippen molar-refractivity contribution in [2.45, 2.75) is 18.0 Å². The average molecular weight is 423 g/mol. The van der Waals surface area contributed by atoms with Crippen LogP contribution in [0.5, 0.6) is 0 Å². The number of halogens is 1. The van der Waals surface area contributed by atoms with Crippen LogP contribution >= 0.6 is 0 Å². The van der Waals surface area contributed by atoms with E-state index in [1.165, 1.54) is 0 Å². The van der Waals surface area contributed by atoms with Crippen LogP contribution in [0.4, 0.5) is 0 Å². The molecule has 2 aliphatic rings. The highest BCUT2D eigenvalue weighted by Gasteiger charge is 2.56. The Morgan fingerprint density at radius 2 is 1.17 bits per heavy atom. The second kappa shape index (κ2) is 6.16. The Morgan fingerprint density at radius 1 is 0.783 bits per heavy atom. The molecule has 4 heteroatoms. The van der Waals surface area contributed by atoms with Gasteiger partial charge in [0.2, 0.25) is 5.79 Å². The van der Waals surface area contributed by atoms with Crippen molar-refractivity contribution >= 4 is 0 Å². The van der Waals surface area contributed by atoms with Gasteiger partial charge in [-0.3, -0.25) is 0 Å². The maximum Gasteiger partial charge on any atom is 0.223 e. The zero-order chi connectivity index (χ0) is 15.2. The lowest BCUT2D eigenvalue weighted by molar-refractivity contribution is -0.882. The third kappa shape index (κ3) is 2.93. The molecule has 0 amide bonds. The van der Waals surface area contributed by atoms with Gasteiger partial charge in [0.25, 0.3) is 0 Å². The Bertz CT molecular complexity index is 602. The fraction of sp³-hybridized carbons (Fsp3) is 0.368. The Morgan fingerprint density at radius 3 is 1.57 bits per heavy atom. The minimum Gasteiger partial charge on any atom is -1.00 e. The highest BCUT2D eigenvalue weighted by molar-refractivity contribution is 5.35. The summed E-state index contributed by atoms with van der Waals surface area (Å²) in [5.41, 5.74) is 2.14. The van der Waals surface area contributed by atoms with Crippen molar-refractivity contribution in [3.8, 4) is 0 Å². The van der Waals surface area contributed by atoms with Gasteiger partial charge < -0.3 is 37.9 Å². The number of benzene rings is 2. The highest BCUT2D eigenvalue weighted by Crippen LogP contribution is 2.45. The topological polar surface area (TPSA) is 18.5 Å². The molecule has 0 radical (unpaired) electrons. The molecule has 122 valence electrons. The Hall–Kier alpha value is -0.950. The molecule has 2 aromatic carbocycles. The van der Waals surface area contributed by atoms with Crippen LogP contribution in [0.15, 0.2) is 60.7 Å². The predicted molar refractivity (Wildman–Crippen MR) is 85.3 cm³/mol. The molecule has 0 aliphatic carbocycles. The van der Waals surface area contributed by atoms with Crippen LogP contribution < -0.4 is 24.0 Å². The standard InChI is InChI=1S/C19H22NO2.HI/c1-20(2)13-17-18(14-20)22-19(21-17,15-9-5-3-6-10-15)16-11-7-4-8-12-16;/h3-12,17-18H,13-14H2,1-2H3;1H/q+1;/p-1/t17-,18+;. The summed E-state index contributed by atoms with van der Waals surface area (Å²) in [6, 6.07) is 20.6. The van der Waals surface area contributed by atoms with Gasteiger partial charge in [-0.15, -0.1) is 0 Å². The number of fused-ring (bicyclic) bond motifs is 1. The number of likely N-dealkylation sites (tertiary alicyclic amines) is 1. The van der Waals surface area contributed by atoms with Crippen molar-refractivity contribution in [3.63, 3.8) is 0 Å². The molecule has 0 aromatic heterocycles. The van der Waals surface area contributed by atoms with Gasteiger partial charge in [-0.2, -0.15) is 0 Å². The number of hydrogen-bond acceptors (Lipinski definition) is 2. The smallest absolute Gasteiger partial charge is 0.223 e. The van der Waals surface area contributed by atoms with Gasteiger partial charge in [-0.05, 0) is 0 Å². The monoisotopic (exact) mass is 423 g/mol. The van der Waals surface area contributed by atoms with Crippen molar-refractivity contribution in [1.29, 1.82) is 0 Å². The summed E-state index contributed by atoms with van der Waals surface area (Å²) in [7, 11) is 4.47. The van der Waals surface area contributed by atoms with E-state index in [4.69, 9.17) is 9.47 Å². The van der Waals surface area contributed by atoms with E-state index in [-0.39, 0.29) is 36.2 Å². The van der Waals surface area contributed by atoms with Gasteiger partial charge in [-0.25, -0.2) is 0 Å². The SMILES string of the molecule is C[N+]1(C)C[C@@H]2OC(c3ccccc3)(c3ccccc3)O[C@@H]2C1.[I-]. The van der Waals surface area contributed by atoms with Gasteiger partial charge in [0.15, 0.2) is 0 Å². The molecule has 2 atom stereocenters. The van der Waals surface area contributed by atoms with Crippen LogP contribution in [-0.4, -0.2) is 43.9 Å². The fourth-order valence-corrected chi connectivity index (χ4v) is 3.72. The van der Waals surface area contributed by atoms with Crippen molar-refractivity contribution in [2.24, 2.45) is 0 Å². The van der Waals surface area contributed by atoms with E-state index in [0.29, 0.717) is 0 Å². The summed E-state index contributed by atoms with van der Waals surface area (Å²) in [6.45, 7) is 1.98. The van der Waals surface area contributed by atoms with E-state index >= 15 is 0 Å². The fourth-order valence-electron chi connectivity index (χ4n) is 3.72. The summed E-state index contributed by atoms with van der Waals surface area (Å²) in [5.74, 6) is -0.766. The first-order valence-corrected chi connectivity index (χ1v) is 7.88. The van der Waals surface area contributed by atoms with Gasteiger partial charge in [0.05, 0.1) is 14.1 Å². The number of ether oxygens (including phenoxy) is 2. The quantitative estimate of drug-likeness (QED) is 0.491. The zero-order valence-electron chi connectivity index (χ0n) is 13.5. The molecule has 0 bridgehead atoms. The molecule has 2 aliphatic heterocycles. The molecule has 4 rings (SSSR count). The number of quaternary nitrogens is 1. The highest BCUT2D eigenvalue weighted by atomic mass is 127. The maximum absolute atomic E-state index is 6.54. The number of rotatable bonds is 2. The normalized spacial score (nSPS) is 27.2. The van der Waals surface area contributed by atoms with E-state index in [2.05, 4.69) is 38.4 Å². The molecule has 23 heavy (non-hydrogen) atoms. The molecule has 0 spiro atoms. The van der Waals surface area contributed by atoms with E-state index in [0.717, 1.165) is 28.7 Å². The average Bonchev–Trinajstić information content (AvgIpc) is 3.00. The minimum absolute atomic E-state index is 0. The predicted octanol–water partition coefficient (Wildman–Crippen LogP) is -0.234. The van der Waals surface area contributed by atoms with E-state index in [9.17, 15) is 0 Å². The molecule has 3 nitrogen and oxygen atoms in total. The van der Waals surface area contributed by atoms with Gasteiger partial charge in [-0.1, -0.05) is 60.7 Å². The van der Waals surface area contributed by atoms with Gasteiger partial charge >= 0.3 is 0 Å². The summed E-state index contributed by atoms with van der Waals surface area (Å²) in [5, 5.41) is 0. The summed E-state index contributed by atoms with van der Waals surface area (Å²) < 4.78 is 14.0. The largest absolute Gasteiger partial charge is 1.00 e. The Kier molecular flexibility index (Phi) is 4.53. The first-order chi connectivity index (χ1) is 10.6. The Labute approximate surface area is 154 Å². The summed E-state index contributed by atoms with van der Waals surface area (Å²) in [6.07, 6.45) is 0.297. The number of hydrogen-bond donors (Lipinski definition) is 0. The molecule has 0 N–H and O–H groups in total. The third-order valence-corrected chi connectivity index (χ3v) is 4.71. The van der Waals surface area contributed by atoms with Crippen LogP contribution in [-0.2, 0) is 15.3 Å². The van der Waals surface area contributed by atoms with Crippen LogP contribution in [0.3, 0.4) is 0 Å². The lowest BCUT2D eigenvalue weighted by atomic mass is 9.97. The summed E-state index contributed by atoms with van der Waals surface area (Å²) >= 11 is 0. The van der Waals surface area contributed by atoms with E-state index in [1.807, 2.05) is 36.4 Å². The molecule has 0 unspecified atom stereocenters. The van der Waals surface area contributed by atoms with Crippen molar-refractivity contribution in [2.75, 3.05) is 27.2 Å². The molecular formula is C19H22INO2. The maximum atomic E-state index is 6.54.